The molecule has 0 aromatic rings. The Morgan fingerprint density at radius 3 is 2.50 bits per heavy atom. The monoisotopic (exact) mass is 223 g/mol. The number of ether oxygens (including phenoxy) is 1. The quantitative estimate of drug-likeness (QED) is 0.653. The summed E-state index contributed by atoms with van der Waals surface area (Å²) in [5, 5.41) is 0. The van der Waals surface area contributed by atoms with Crippen LogP contribution >= 0.6 is 0 Å². The highest BCUT2D eigenvalue weighted by molar-refractivity contribution is 7.91. The number of nitrogens with two attached hydrogens (primary N) is 1. The summed E-state index contributed by atoms with van der Waals surface area (Å²) in [5.74, 6) is 0.477. The van der Waals surface area contributed by atoms with Crippen LogP contribution < -0.4 is 5.73 Å². The summed E-state index contributed by atoms with van der Waals surface area (Å²) >= 11 is 0. The van der Waals surface area contributed by atoms with E-state index in [1.807, 2.05) is 0 Å². The van der Waals surface area contributed by atoms with Crippen molar-refractivity contribution in [1.82, 2.24) is 0 Å². The average molecular weight is 223 g/mol. The van der Waals surface area contributed by atoms with Gasteiger partial charge in [0, 0.05) is 25.5 Å². The van der Waals surface area contributed by atoms with E-state index in [0.717, 1.165) is 12.8 Å². The molecule has 0 aliphatic carbocycles. The maximum absolute atomic E-state index is 11.1. The van der Waals surface area contributed by atoms with Crippen LogP contribution in [0, 0.1) is 0 Å². The zero-order valence-corrected chi connectivity index (χ0v) is 9.85. The molecule has 0 radical (unpaired) electrons. The van der Waals surface area contributed by atoms with E-state index < -0.39 is 9.84 Å². The molecule has 0 saturated carbocycles. The Hall–Kier alpha value is -0.130. The summed E-state index contributed by atoms with van der Waals surface area (Å²) in [5.41, 5.74) is 5.76. The summed E-state index contributed by atoms with van der Waals surface area (Å²) in [6.07, 6.45) is 2.20. The molecule has 0 aromatic heterocycles. The van der Waals surface area contributed by atoms with Crippen LogP contribution in [0.2, 0.25) is 0 Å². The molecule has 1 atom stereocenters. The number of sulfone groups is 1. The summed E-state index contributed by atoms with van der Waals surface area (Å²) in [6, 6.07) is 0.0574. The Morgan fingerprint density at radius 2 is 2.00 bits per heavy atom. The molecular weight excluding hydrogens is 202 g/mol. The van der Waals surface area contributed by atoms with Crippen LogP contribution in [-0.2, 0) is 14.6 Å². The van der Waals surface area contributed by atoms with Gasteiger partial charge in [-0.15, -0.1) is 0 Å². The molecular formula is C9H21NO3S. The Balaban J connectivity index is 3.54. The number of hydrogen-bond acceptors (Lipinski definition) is 4. The minimum Gasteiger partial charge on any atom is -0.385 e. The highest BCUT2D eigenvalue weighted by Gasteiger charge is 2.08. The summed E-state index contributed by atoms with van der Waals surface area (Å²) in [6.45, 7) is 2.31. The second-order valence-electron chi connectivity index (χ2n) is 3.42. The van der Waals surface area contributed by atoms with Crippen molar-refractivity contribution in [3.05, 3.63) is 0 Å². The third-order valence-electron chi connectivity index (χ3n) is 2.16. The highest BCUT2D eigenvalue weighted by atomic mass is 32.2. The lowest BCUT2D eigenvalue weighted by Gasteiger charge is -2.10. The molecule has 0 bridgehead atoms. The predicted molar refractivity (Wildman–Crippen MR) is 58.0 cm³/mol. The van der Waals surface area contributed by atoms with Crippen LogP contribution in [0.5, 0.6) is 0 Å². The van der Waals surface area contributed by atoms with Gasteiger partial charge in [-0.3, -0.25) is 0 Å². The molecule has 14 heavy (non-hydrogen) atoms. The van der Waals surface area contributed by atoms with E-state index in [2.05, 4.69) is 0 Å². The second-order valence-corrected chi connectivity index (χ2v) is 5.89. The lowest BCUT2D eigenvalue weighted by atomic mass is 10.1. The number of methoxy groups -OCH3 is 1. The molecule has 0 spiro atoms. The summed E-state index contributed by atoms with van der Waals surface area (Å²) in [4.78, 5) is 0. The van der Waals surface area contributed by atoms with Gasteiger partial charge in [-0.05, 0) is 19.3 Å². The molecule has 0 aliphatic rings. The first-order valence-electron chi connectivity index (χ1n) is 4.96. The van der Waals surface area contributed by atoms with Crippen molar-refractivity contribution < 1.29 is 13.2 Å². The Bertz CT molecular complexity index is 226. The third kappa shape index (κ3) is 7.29. The van der Waals surface area contributed by atoms with Gasteiger partial charge in [0.15, 0.2) is 0 Å². The zero-order valence-electron chi connectivity index (χ0n) is 9.03. The van der Waals surface area contributed by atoms with Gasteiger partial charge in [0.25, 0.3) is 0 Å². The molecule has 0 fully saturated rings. The predicted octanol–water partition coefficient (Wildman–Crippen LogP) is 0.565. The fourth-order valence-corrected chi connectivity index (χ4v) is 2.02. The van der Waals surface area contributed by atoms with E-state index in [0.29, 0.717) is 13.0 Å². The molecule has 0 aromatic carbocycles. The summed E-state index contributed by atoms with van der Waals surface area (Å²) in [7, 11) is -1.19. The topological polar surface area (TPSA) is 69.4 Å². The Kier molecular flexibility index (Phi) is 7.13. The van der Waals surface area contributed by atoms with Crippen molar-refractivity contribution in [2.45, 2.75) is 32.2 Å². The van der Waals surface area contributed by atoms with Crippen LogP contribution in [0.25, 0.3) is 0 Å². The molecule has 2 N–H and O–H groups in total. The van der Waals surface area contributed by atoms with Crippen LogP contribution in [0.15, 0.2) is 0 Å². The standard InChI is InChI=1S/C9H21NO3S/c1-3-14(11,12)8-4-5-9(10)6-7-13-2/h9H,3-8,10H2,1-2H3. The van der Waals surface area contributed by atoms with Gasteiger partial charge >= 0.3 is 0 Å². The van der Waals surface area contributed by atoms with Crippen molar-refractivity contribution in [2.24, 2.45) is 5.73 Å². The molecule has 5 heteroatoms. The lowest BCUT2D eigenvalue weighted by molar-refractivity contribution is 0.186. The molecule has 0 heterocycles. The van der Waals surface area contributed by atoms with Crippen LogP contribution in [0.3, 0.4) is 0 Å². The lowest BCUT2D eigenvalue weighted by Crippen LogP contribution is -2.23. The molecule has 0 rings (SSSR count). The Labute approximate surface area is 86.7 Å². The van der Waals surface area contributed by atoms with E-state index in [1.165, 1.54) is 0 Å². The normalized spacial score (nSPS) is 14.2. The van der Waals surface area contributed by atoms with Crippen LogP contribution in [0.1, 0.15) is 26.2 Å². The van der Waals surface area contributed by atoms with Gasteiger partial charge in [-0.25, -0.2) is 8.42 Å². The minimum absolute atomic E-state index is 0.0574. The largest absolute Gasteiger partial charge is 0.385 e. The molecule has 86 valence electrons. The van der Waals surface area contributed by atoms with Gasteiger partial charge in [0.2, 0.25) is 0 Å². The van der Waals surface area contributed by atoms with Gasteiger partial charge in [-0.1, -0.05) is 6.92 Å². The van der Waals surface area contributed by atoms with E-state index in [4.69, 9.17) is 10.5 Å². The molecule has 4 nitrogen and oxygen atoms in total. The summed E-state index contributed by atoms with van der Waals surface area (Å²) < 4.78 is 27.1. The Morgan fingerprint density at radius 1 is 1.36 bits per heavy atom. The van der Waals surface area contributed by atoms with Crippen molar-refractivity contribution >= 4 is 9.84 Å². The van der Waals surface area contributed by atoms with E-state index in [9.17, 15) is 8.42 Å². The van der Waals surface area contributed by atoms with E-state index >= 15 is 0 Å². The zero-order chi connectivity index (χ0) is 11.0. The fourth-order valence-electron chi connectivity index (χ4n) is 1.12. The smallest absolute Gasteiger partial charge is 0.150 e. The first-order chi connectivity index (χ1) is 6.52. The highest BCUT2D eigenvalue weighted by Crippen LogP contribution is 2.02. The molecule has 0 amide bonds. The van der Waals surface area contributed by atoms with Crippen molar-refractivity contribution in [3.8, 4) is 0 Å². The maximum Gasteiger partial charge on any atom is 0.150 e. The van der Waals surface area contributed by atoms with Gasteiger partial charge in [0.05, 0.1) is 5.75 Å². The first-order valence-corrected chi connectivity index (χ1v) is 6.79. The van der Waals surface area contributed by atoms with E-state index in [1.54, 1.807) is 14.0 Å². The third-order valence-corrected chi connectivity index (χ3v) is 3.95. The first kappa shape index (κ1) is 13.9. The van der Waals surface area contributed by atoms with Crippen molar-refractivity contribution in [3.63, 3.8) is 0 Å². The maximum atomic E-state index is 11.1. The van der Waals surface area contributed by atoms with Crippen molar-refractivity contribution in [2.75, 3.05) is 25.2 Å². The van der Waals surface area contributed by atoms with E-state index in [-0.39, 0.29) is 17.5 Å². The number of hydrogen-bond donors (Lipinski definition) is 1. The van der Waals surface area contributed by atoms with Crippen molar-refractivity contribution in [1.29, 1.82) is 0 Å². The SMILES string of the molecule is CCS(=O)(=O)CCCC(N)CCOC. The van der Waals surface area contributed by atoms with Gasteiger partial charge in [0.1, 0.15) is 9.84 Å². The van der Waals surface area contributed by atoms with Crippen LogP contribution in [0.4, 0.5) is 0 Å². The fraction of sp³-hybridized carbons (Fsp3) is 1.00. The van der Waals surface area contributed by atoms with Crippen LogP contribution in [-0.4, -0.2) is 39.7 Å². The molecule has 1 unspecified atom stereocenters. The van der Waals surface area contributed by atoms with Gasteiger partial charge in [-0.2, -0.15) is 0 Å². The minimum atomic E-state index is -2.82. The van der Waals surface area contributed by atoms with Gasteiger partial charge < -0.3 is 10.5 Å². The average Bonchev–Trinajstić information content (AvgIpc) is 2.14. The number of rotatable bonds is 8. The second kappa shape index (κ2) is 7.20. The molecule has 0 saturated heterocycles. The molecule has 0 aliphatic heterocycles.